The van der Waals surface area contributed by atoms with Gasteiger partial charge in [0, 0.05) is 29.5 Å². The summed E-state index contributed by atoms with van der Waals surface area (Å²) in [4.78, 5) is 41.3. The van der Waals surface area contributed by atoms with E-state index in [-0.39, 0.29) is 30.2 Å². The molecule has 0 fully saturated rings. The van der Waals surface area contributed by atoms with E-state index in [4.69, 9.17) is 9.47 Å². The number of fused-ring (bicyclic) bond motifs is 1. The molecule has 43 heavy (non-hydrogen) atoms. The zero-order valence-corrected chi connectivity index (χ0v) is 26.4. The summed E-state index contributed by atoms with van der Waals surface area (Å²) in [6.45, 7) is 14.9. The summed E-state index contributed by atoms with van der Waals surface area (Å²) >= 11 is 0. The van der Waals surface area contributed by atoms with Crippen molar-refractivity contribution < 1.29 is 28.2 Å². The molecule has 0 aliphatic rings. The molecule has 9 nitrogen and oxygen atoms in total. The highest BCUT2D eigenvalue weighted by molar-refractivity contribution is 5.99. The molecule has 0 saturated carbocycles. The summed E-state index contributed by atoms with van der Waals surface area (Å²) in [5, 5.41) is 9.54. The van der Waals surface area contributed by atoms with Crippen LogP contribution >= 0.6 is 0 Å². The number of hydrogen-bond donors (Lipinski definition) is 4. The fourth-order valence-corrected chi connectivity index (χ4v) is 4.50. The monoisotopic (exact) mass is 596 g/mol. The predicted molar refractivity (Wildman–Crippen MR) is 166 cm³/mol. The standard InChI is InChI=1S/C33H45FN4O5/c1-20(2)26(38-31(41)43-33(6,7)8)16-14-25(36-30(40)42-32(3,4)5)19-35-29(39)28-18-23-17-22(11-15-27(23)37-28)21-9-12-24(34)13-10-21/h9-13,15,17-18,20,25-26,37H,14,16,19H2,1-8H3,(H,35,39)(H,36,40)(H,38,41). The van der Waals surface area contributed by atoms with Crippen LogP contribution in [0.5, 0.6) is 0 Å². The topological polar surface area (TPSA) is 122 Å². The Labute approximate surface area is 253 Å². The Morgan fingerprint density at radius 1 is 0.814 bits per heavy atom. The molecular weight excluding hydrogens is 551 g/mol. The molecule has 0 radical (unpaired) electrons. The second-order valence-electron chi connectivity index (χ2n) is 13.1. The Balaban J connectivity index is 1.69. The van der Waals surface area contributed by atoms with Crippen LogP contribution in [-0.4, -0.2) is 52.9 Å². The molecule has 0 spiro atoms. The summed E-state index contributed by atoms with van der Waals surface area (Å²) in [5.41, 5.74) is 1.61. The van der Waals surface area contributed by atoms with Gasteiger partial charge in [-0.2, -0.15) is 0 Å². The van der Waals surface area contributed by atoms with Crippen molar-refractivity contribution in [1.82, 2.24) is 20.9 Å². The van der Waals surface area contributed by atoms with Gasteiger partial charge in [-0.15, -0.1) is 0 Å². The third-order valence-corrected chi connectivity index (χ3v) is 6.61. The molecule has 4 N–H and O–H groups in total. The van der Waals surface area contributed by atoms with Crippen LogP contribution in [0.4, 0.5) is 14.0 Å². The number of aromatic amines is 1. The Hall–Kier alpha value is -4.08. The molecule has 2 aromatic carbocycles. The maximum Gasteiger partial charge on any atom is 0.407 e. The van der Waals surface area contributed by atoms with Gasteiger partial charge in [-0.1, -0.05) is 32.0 Å². The van der Waals surface area contributed by atoms with Gasteiger partial charge >= 0.3 is 12.2 Å². The second kappa shape index (κ2) is 13.9. The van der Waals surface area contributed by atoms with Crippen LogP contribution in [-0.2, 0) is 9.47 Å². The van der Waals surface area contributed by atoms with E-state index in [1.165, 1.54) is 12.1 Å². The number of halogens is 1. The third-order valence-electron chi connectivity index (χ3n) is 6.61. The molecule has 0 aliphatic heterocycles. The van der Waals surface area contributed by atoms with Crippen molar-refractivity contribution >= 4 is 29.0 Å². The third kappa shape index (κ3) is 10.9. The van der Waals surface area contributed by atoms with Crippen LogP contribution in [0.1, 0.15) is 78.7 Å². The first-order valence-corrected chi connectivity index (χ1v) is 14.6. The highest BCUT2D eigenvalue weighted by Gasteiger charge is 2.25. The molecule has 2 unspecified atom stereocenters. The number of hydrogen-bond acceptors (Lipinski definition) is 5. The molecule has 1 heterocycles. The lowest BCUT2D eigenvalue weighted by Crippen LogP contribution is -2.47. The van der Waals surface area contributed by atoms with Gasteiger partial charge in [0.2, 0.25) is 0 Å². The highest BCUT2D eigenvalue weighted by Crippen LogP contribution is 2.25. The summed E-state index contributed by atoms with van der Waals surface area (Å²) in [7, 11) is 0. The van der Waals surface area contributed by atoms with Crippen LogP contribution in [0.15, 0.2) is 48.5 Å². The number of nitrogens with one attached hydrogen (secondary N) is 4. The van der Waals surface area contributed by atoms with E-state index in [9.17, 15) is 18.8 Å². The van der Waals surface area contributed by atoms with Crippen molar-refractivity contribution in [1.29, 1.82) is 0 Å². The van der Waals surface area contributed by atoms with Gasteiger partial charge in [-0.3, -0.25) is 4.79 Å². The molecule has 0 saturated heterocycles. The minimum Gasteiger partial charge on any atom is -0.444 e. The molecule has 3 amide bonds. The predicted octanol–water partition coefficient (Wildman–Crippen LogP) is 6.93. The fourth-order valence-electron chi connectivity index (χ4n) is 4.50. The zero-order chi connectivity index (χ0) is 31.9. The number of benzene rings is 2. The van der Waals surface area contributed by atoms with Crippen molar-refractivity contribution in [3.63, 3.8) is 0 Å². The maximum atomic E-state index is 13.3. The molecule has 10 heteroatoms. The van der Waals surface area contributed by atoms with Crippen molar-refractivity contribution in [2.24, 2.45) is 5.92 Å². The van der Waals surface area contributed by atoms with Crippen LogP contribution in [0.3, 0.4) is 0 Å². The minimum atomic E-state index is -0.687. The van der Waals surface area contributed by atoms with E-state index in [0.29, 0.717) is 18.5 Å². The molecule has 234 valence electrons. The number of carbonyl (C=O) groups excluding carboxylic acids is 3. The molecule has 0 bridgehead atoms. The number of rotatable bonds is 10. The fraction of sp³-hybridized carbons (Fsp3) is 0.485. The first kappa shape index (κ1) is 33.4. The molecule has 2 atom stereocenters. The van der Waals surface area contributed by atoms with Gasteiger partial charge in [-0.25, -0.2) is 14.0 Å². The van der Waals surface area contributed by atoms with E-state index in [0.717, 1.165) is 22.0 Å². The Bertz CT molecular complexity index is 1400. The summed E-state index contributed by atoms with van der Waals surface area (Å²) in [6, 6.07) is 13.0. The second-order valence-corrected chi connectivity index (χ2v) is 13.1. The lowest BCUT2D eigenvalue weighted by molar-refractivity contribution is 0.0463. The van der Waals surface area contributed by atoms with Crippen molar-refractivity contribution in [2.75, 3.05) is 6.54 Å². The van der Waals surface area contributed by atoms with Gasteiger partial charge in [0.05, 0.1) is 0 Å². The van der Waals surface area contributed by atoms with Gasteiger partial charge in [0.15, 0.2) is 0 Å². The van der Waals surface area contributed by atoms with Gasteiger partial charge in [0.1, 0.15) is 22.7 Å². The number of H-pyrrole nitrogens is 1. The van der Waals surface area contributed by atoms with E-state index in [2.05, 4.69) is 20.9 Å². The van der Waals surface area contributed by atoms with E-state index in [1.807, 2.05) is 32.0 Å². The minimum absolute atomic E-state index is 0.107. The number of amides is 3. The zero-order valence-electron chi connectivity index (χ0n) is 26.4. The average Bonchev–Trinajstić information content (AvgIpc) is 3.31. The van der Waals surface area contributed by atoms with Crippen molar-refractivity contribution in [2.45, 2.75) is 91.5 Å². The first-order chi connectivity index (χ1) is 20.0. The van der Waals surface area contributed by atoms with Crippen LogP contribution in [0.25, 0.3) is 22.0 Å². The molecule has 3 rings (SSSR count). The molecular formula is C33H45FN4O5. The Kier molecular flexibility index (Phi) is 10.8. The number of aromatic nitrogens is 1. The lowest BCUT2D eigenvalue weighted by Gasteiger charge is -2.28. The van der Waals surface area contributed by atoms with Crippen molar-refractivity contribution in [3.8, 4) is 11.1 Å². The van der Waals surface area contributed by atoms with Crippen molar-refractivity contribution in [3.05, 3.63) is 60.0 Å². The Morgan fingerprint density at radius 3 is 1.98 bits per heavy atom. The number of alkyl carbamates (subject to hydrolysis) is 2. The van der Waals surface area contributed by atoms with Gasteiger partial charge < -0.3 is 30.4 Å². The largest absolute Gasteiger partial charge is 0.444 e. The smallest absolute Gasteiger partial charge is 0.407 e. The van der Waals surface area contributed by atoms with Crippen LogP contribution in [0.2, 0.25) is 0 Å². The normalized spacial score (nSPS) is 13.3. The highest BCUT2D eigenvalue weighted by atomic mass is 19.1. The van der Waals surface area contributed by atoms with E-state index in [1.54, 1.807) is 59.7 Å². The number of ether oxygens (including phenoxy) is 2. The lowest BCUT2D eigenvalue weighted by atomic mass is 9.97. The van der Waals surface area contributed by atoms with Crippen LogP contribution in [0, 0.1) is 11.7 Å². The summed E-state index contributed by atoms with van der Waals surface area (Å²) in [6.07, 6.45) is -0.0954. The maximum absolute atomic E-state index is 13.3. The molecule has 3 aromatic rings. The van der Waals surface area contributed by atoms with E-state index < -0.39 is 29.4 Å². The van der Waals surface area contributed by atoms with Gasteiger partial charge in [0.25, 0.3) is 5.91 Å². The van der Waals surface area contributed by atoms with E-state index >= 15 is 0 Å². The SMILES string of the molecule is CC(C)C(CCC(CNC(=O)c1cc2cc(-c3ccc(F)cc3)ccc2[nH]1)NC(=O)OC(C)(C)C)NC(=O)OC(C)(C)C. The molecule has 1 aromatic heterocycles. The molecule has 0 aliphatic carbocycles. The Morgan fingerprint density at radius 2 is 1.40 bits per heavy atom. The first-order valence-electron chi connectivity index (χ1n) is 14.6. The van der Waals surface area contributed by atoms with Gasteiger partial charge in [-0.05, 0) is 102 Å². The quantitative estimate of drug-likeness (QED) is 0.202. The summed E-state index contributed by atoms with van der Waals surface area (Å²) < 4.78 is 24.2. The summed E-state index contributed by atoms with van der Waals surface area (Å²) in [5.74, 6) is -0.526. The number of carbonyl (C=O) groups is 3. The average molecular weight is 597 g/mol. The van der Waals surface area contributed by atoms with Crippen LogP contribution < -0.4 is 16.0 Å².